The molecular weight excluding hydrogens is 342 g/mol. The summed E-state index contributed by atoms with van der Waals surface area (Å²) in [4.78, 5) is 45.6. The lowest BCUT2D eigenvalue weighted by molar-refractivity contribution is -0.137. The van der Waals surface area contributed by atoms with Crippen molar-refractivity contribution < 1.29 is 14.4 Å². The molecule has 1 aromatic carbocycles. The monoisotopic (exact) mass is 361 g/mol. The Kier molecular flexibility index (Phi) is 4.32. The molecule has 0 unspecified atom stereocenters. The summed E-state index contributed by atoms with van der Waals surface area (Å²) in [6.45, 7) is 2.05. The Morgan fingerprint density at radius 1 is 1.07 bits per heavy atom. The van der Waals surface area contributed by atoms with Crippen molar-refractivity contribution in [3.8, 4) is 0 Å². The zero-order valence-electron chi connectivity index (χ0n) is 14.9. The van der Waals surface area contributed by atoms with Gasteiger partial charge in [0.1, 0.15) is 6.04 Å². The van der Waals surface area contributed by atoms with Crippen LogP contribution in [-0.4, -0.2) is 45.1 Å². The minimum Gasteiger partial charge on any atom is -0.330 e. The highest BCUT2D eigenvalue weighted by atomic mass is 16.2. The maximum atomic E-state index is 13.2. The Balaban J connectivity index is 1.61. The Bertz CT molecular complexity index is 904. The fourth-order valence-electron chi connectivity index (χ4n) is 3.71. The number of imide groups is 1. The highest BCUT2D eigenvalue weighted by Gasteiger charge is 2.42. The van der Waals surface area contributed by atoms with Crippen LogP contribution < -0.4 is 0 Å². The Morgan fingerprint density at radius 3 is 2.41 bits per heavy atom. The molecule has 6 nitrogen and oxygen atoms in total. The Hall–Kier alpha value is -3.28. The molecule has 0 fully saturated rings. The summed E-state index contributed by atoms with van der Waals surface area (Å²) in [5.74, 6) is -1.08. The van der Waals surface area contributed by atoms with Gasteiger partial charge in [-0.25, -0.2) is 0 Å². The standard InChI is InChI=1S/C21H19N3O3/c1-14(24-20(26)16-8-2-3-9-17(16)21(24)27)19(25)23-12-5-4-10-18(23)15-7-6-11-22-13-15/h2-9,11,13-14,18H,10,12H2,1H3/t14-,18+/m0/s1. The molecule has 0 radical (unpaired) electrons. The molecule has 4 rings (SSSR count). The number of carbonyl (C=O) groups excluding carboxylic acids is 3. The molecule has 2 aromatic rings. The summed E-state index contributed by atoms with van der Waals surface area (Å²) in [6, 6.07) is 9.41. The third-order valence-corrected chi connectivity index (χ3v) is 5.13. The van der Waals surface area contributed by atoms with Gasteiger partial charge >= 0.3 is 0 Å². The van der Waals surface area contributed by atoms with E-state index in [1.165, 1.54) is 0 Å². The average molecular weight is 361 g/mol. The fraction of sp³-hybridized carbons (Fsp3) is 0.238. The van der Waals surface area contributed by atoms with Crippen LogP contribution >= 0.6 is 0 Å². The number of fused-ring (bicyclic) bond motifs is 1. The van der Waals surface area contributed by atoms with Crippen molar-refractivity contribution in [1.29, 1.82) is 0 Å². The molecule has 3 heterocycles. The quantitative estimate of drug-likeness (QED) is 0.622. The maximum absolute atomic E-state index is 13.2. The third kappa shape index (κ3) is 2.83. The van der Waals surface area contributed by atoms with E-state index in [2.05, 4.69) is 4.98 Å². The lowest BCUT2D eigenvalue weighted by Gasteiger charge is -2.36. The summed E-state index contributed by atoms with van der Waals surface area (Å²) in [7, 11) is 0. The molecule has 6 heteroatoms. The van der Waals surface area contributed by atoms with Gasteiger partial charge in [0.05, 0.1) is 17.2 Å². The normalized spacial score (nSPS) is 20.0. The topological polar surface area (TPSA) is 70.6 Å². The summed E-state index contributed by atoms with van der Waals surface area (Å²) in [5, 5.41) is 0. The van der Waals surface area contributed by atoms with Gasteiger partial charge < -0.3 is 4.90 Å². The number of aromatic nitrogens is 1. The van der Waals surface area contributed by atoms with Gasteiger partial charge in [-0.15, -0.1) is 0 Å². The van der Waals surface area contributed by atoms with E-state index in [-0.39, 0.29) is 11.9 Å². The van der Waals surface area contributed by atoms with E-state index in [1.807, 2.05) is 24.3 Å². The number of rotatable bonds is 3. The molecule has 0 N–H and O–H groups in total. The fourth-order valence-corrected chi connectivity index (χ4v) is 3.71. The van der Waals surface area contributed by atoms with Crippen LogP contribution in [-0.2, 0) is 4.79 Å². The van der Waals surface area contributed by atoms with Crippen LogP contribution in [0.1, 0.15) is 45.7 Å². The number of hydrogen-bond acceptors (Lipinski definition) is 4. The van der Waals surface area contributed by atoms with Crippen LogP contribution in [0.4, 0.5) is 0 Å². The van der Waals surface area contributed by atoms with Crippen LogP contribution in [0, 0.1) is 0 Å². The average Bonchev–Trinajstić information content (AvgIpc) is 2.98. The summed E-state index contributed by atoms with van der Waals surface area (Å²) in [6.07, 6.45) is 8.08. The highest BCUT2D eigenvalue weighted by molar-refractivity contribution is 6.22. The molecule has 2 atom stereocenters. The number of pyridine rings is 1. The van der Waals surface area contributed by atoms with E-state index >= 15 is 0 Å². The molecule has 27 heavy (non-hydrogen) atoms. The van der Waals surface area contributed by atoms with Crippen molar-refractivity contribution in [1.82, 2.24) is 14.8 Å². The molecule has 0 saturated carbocycles. The molecule has 1 aromatic heterocycles. The number of amides is 3. The first-order valence-electron chi connectivity index (χ1n) is 8.92. The predicted molar refractivity (Wildman–Crippen MR) is 98.9 cm³/mol. The Morgan fingerprint density at radius 2 is 1.78 bits per heavy atom. The van der Waals surface area contributed by atoms with E-state index in [0.29, 0.717) is 24.1 Å². The second-order valence-corrected chi connectivity index (χ2v) is 6.70. The van der Waals surface area contributed by atoms with Gasteiger partial charge in [0.25, 0.3) is 11.8 Å². The zero-order valence-corrected chi connectivity index (χ0v) is 14.9. The molecule has 2 aliphatic rings. The largest absolute Gasteiger partial charge is 0.330 e. The first-order valence-corrected chi connectivity index (χ1v) is 8.92. The van der Waals surface area contributed by atoms with Gasteiger partial charge in [0, 0.05) is 18.9 Å². The maximum Gasteiger partial charge on any atom is 0.262 e. The van der Waals surface area contributed by atoms with E-state index in [1.54, 1.807) is 48.5 Å². The van der Waals surface area contributed by atoms with Gasteiger partial charge in [-0.2, -0.15) is 0 Å². The van der Waals surface area contributed by atoms with Crippen LogP contribution in [0.15, 0.2) is 60.9 Å². The Labute approximate surface area is 157 Å². The molecule has 0 bridgehead atoms. The minimum atomic E-state index is -0.872. The van der Waals surface area contributed by atoms with E-state index in [4.69, 9.17) is 0 Å². The van der Waals surface area contributed by atoms with E-state index in [0.717, 1.165) is 10.5 Å². The second-order valence-electron chi connectivity index (χ2n) is 6.70. The van der Waals surface area contributed by atoms with E-state index in [9.17, 15) is 14.4 Å². The van der Waals surface area contributed by atoms with Crippen molar-refractivity contribution in [2.75, 3.05) is 6.54 Å². The van der Waals surface area contributed by atoms with Crippen LogP contribution in [0.5, 0.6) is 0 Å². The van der Waals surface area contributed by atoms with Gasteiger partial charge in [0.2, 0.25) is 5.91 Å². The van der Waals surface area contributed by atoms with Crippen LogP contribution in [0.25, 0.3) is 0 Å². The number of nitrogens with zero attached hydrogens (tertiary/aromatic N) is 3. The summed E-state index contributed by atoms with van der Waals surface area (Å²) in [5.41, 5.74) is 1.64. The number of hydrogen-bond donors (Lipinski definition) is 0. The zero-order chi connectivity index (χ0) is 19.0. The third-order valence-electron chi connectivity index (χ3n) is 5.13. The summed E-state index contributed by atoms with van der Waals surface area (Å²) >= 11 is 0. The molecule has 0 spiro atoms. The first-order chi connectivity index (χ1) is 13.1. The first kappa shape index (κ1) is 17.1. The smallest absolute Gasteiger partial charge is 0.262 e. The van der Waals surface area contributed by atoms with E-state index < -0.39 is 17.9 Å². The van der Waals surface area contributed by atoms with Gasteiger partial charge in [-0.05, 0) is 37.1 Å². The lowest BCUT2D eigenvalue weighted by atomic mass is 9.99. The molecule has 0 aliphatic carbocycles. The van der Waals surface area contributed by atoms with Gasteiger partial charge in [-0.3, -0.25) is 24.3 Å². The van der Waals surface area contributed by atoms with Crippen LogP contribution in [0.2, 0.25) is 0 Å². The number of benzene rings is 1. The van der Waals surface area contributed by atoms with Gasteiger partial charge in [0.15, 0.2) is 0 Å². The molecule has 3 amide bonds. The molecule has 136 valence electrons. The van der Waals surface area contributed by atoms with Crippen molar-refractivity contribution in [3.63, 3.8) is 0 Å². The van der Waals surface area contributed by atoms with Crippen molar-refractivity contribution in [2.24, 2.45) is 0 Å². The minimum absolute atomic E-state index is 0.158. The van der Waals surface area contributed by atoms with Crippen LogP contribution in [0.3, 0.4) is 0 Å². The lowest BCUT2D eigenvalue weighted by Crippen LogP contribution is -2.50. The van der Waals surface area contributed by atoms with Crippen molar-refractivity contribution >= 4 is 17.7 Å². The molecular formula is C21H19N3O3. The predicted octanol–water partition coefficient (Wildman–Crippen LogP) is 2.60. The summed E-state index contributed by atoms with van der Waals surface area (Å²) < 4.78 is 0. The molecule has 2 aliphatic heterocycles. The molecule has 0 saturated heterocycles. The van der Waals surface area contributed by atoms with Crippen molar-refractivity contribution in [2.45, 2.75) is 25.4 Å². The van der Waals surface area contributed by atoms with Gasteiger partial charge in [-0.1, -0.05) is 30.4 Å². The second kappa shape index (κ2) is 6.79. The SMILES string of the molecule is C[C@@H](C(=O)N1CC=CC[C@@H]1c1cccnc1)N1C(=O)c2ccccc2C1=O. The number of carbonyl (C=O) groups is 3. The highest BCUT2D eigenvalue weighted by Crippen LogP contribution is 2.30. The van der Waals surface area contributed by atoms with Crippen molar-refractivity contribution in [3.05, 3.63) is 77.6 Å².